The molecule has 0 spiro atoms. The second kappa shape index (κ2) is 14.6. The molecule has 0 saturated carbocycles. The highest BCUT2D eigenvalue weighted by molar-refractivity contribution is 9.10. The second-order valence-corrected chi connectivity index (χ2v) is 17.0. The van der Waals surface area contributed by atoms with Crippen LogP contribution in [0.15, 0.2) is 229 Å². The minimum atomic E-state index is -0.510. The second-order valence-electron chi connectivity index (χ2n) is 15.0. The van der Waals surface area contributed by atoms with Crippen molar-refractivity contribution in [3.63, 3.8) is 0 Å². The topological polar surface area (TPSA) is 6.48 Å². The first kappa shape index (κ1) is 35.4. The predicted molar refractivity (Wildman–Crippen MR) is 254 cm³/mol. The summed E-state index contributed by atoms with van der Waals surface area (Å²) in [5.41, 5.74) is 13.5. The van der Waals surface area contributed by atoms with E-state index in [1.165, 1.54) is 53.6 Å². The maximum Gasteiger partial charge on any atom is 0.0714 e. The summed E-state index contributed by atoms with van der Waals surface area (Å²) in [6, 6.07) is 81.9. The summed E-state index contributed by atoms with van der Waals surface area (Å²) in [4.78, 5) is 4.77. The number of hydrogen-bond acceptors (Lipinski definition) is 3. The van der Waals surface area contributed by atoms with Crippen LogP contribution in [0.4, 0.5) is 34.1 Å². The zero-order valence-corrected chi connectivity index (χ0v) is 34.4. The highest BCUT2D eigenvalue weighted by Gasteiger charge is 2.46. The van der Waals surface area contributed by atoms with E-state index in [1.54, 1.807) is 0 Å². The molecular formula is C55H37BrN2S. The average Bonchev–Trinajstić information content (AvgIpc) is 3.81. The standard InChI is InChI=1S/C55H37BrN2S/c56-40-33-45(57(41-21-9-3-10-22-41)43-30-32-54-50(36-43)49-26-14-16-28-53(49)59-54)35-46(34-40)58(42-23-11-4-12-24-42)44-29-31-48-47-25-13-15-27-51(47)55(52(48)37-44,38-17-5-1-6-18-38)39-19-7-2-8-20-39/h1-37H. The van der Waals surface area contributed by atoms with E-state index in [0.29, 0.717) is 0 Å². The van der Waals surface area contributed by atoms with Gasteiger partial charge in [-0.3, -0.25) is 0 Å². The quantitative estimate of drug-likeness (QED) is 0.150. The summed E-state index contributed by atoms with van der Waals surface area (Å²) in [5, 5.41) is 2.55. The fraction of sp³-hybridized carbons (Fsp3) is 0.0182. The van der Waals surface area contributed by atoms with Crippen LogP contribution in [0.25, 0.3) is 31.3 Å². The van der Waals surface area contributed by atoms with Crippen molar-refractivity contribution in [1.29, 1.82) is 0 Å². The molecule has 0 fully saturated rings. The van der Waals surface area contributed by atoms with Crippen molar-refractivity contribution in [1.82, 2.24) is 0 Å². The fourth-order valence-corrected chi connectivity index (χ4v) is 10.8. The molecule has 4 heteroatoms. The molecule has 0 radical (unpaired) electrons. The van der Waals surface area contributed by atoms with Crippen molar-refractivity contribution in [3.05, 3.63) is 251 Å². The van der Waals surface area contributed by atoms with Gasteiger partial charge in [-0.05, 0) is 112 Å². The van der Waals surface area contributed by atoms with Gasteiger partial charge in [-0.1, -0.05) is 162 Å². The van der Waals surface area contributed by atoms with E-state index in [4.69, 9.17) is 0 Å². The van der Waals surface area contributed by atoms with E-state index >= 15 is 0 Å². The molecule has 10 aromatic rings. The number of rotatable bonds is 8. The van der Waals surface area contributed by atoms with Crippen LogP contribution >= 0.6 is 27.3 Å². The summed E-state index contributed by atoms with van der Waals surface area (Å²) in [7, 11) is 0. The number of fused-ring (bicyclic) bond motifs is 6. The lowest BCUT2D eigenvalue weighted by molar-refractivity contribution is 0.768. The number of para-hydroxylation sites is 2. The van der Waals surface area contributed by atoms with E-state index in [0.717, 1.165) is 38.6 Å². The maximum absolute atomic E-state index is 4.00. The lowest BCUT2D eigenvalue weighted by Crippen LogP contribution is -2.28. The molecule has 280 valence electrons. The molecule has 0 amide bonds. The number of anilines is 6. The lowest BCUT2D eigenvalue weighted by atomic mass is 9.67. The summed E-state index contributed by atoms with van der Waals surface area (Å²) >= 11 is 5.85. The minimum Gasteiger partial charge on any atom is -0.310 e. The van der Waals surface area contributed by atoms with Crippen LogP contribution in [0.1, 0.15) is 22.3 Å². The van der Waals surface area contributed by atoms with Gasteiger partial charge in [0.25, 0.3) is 0 Å². The van der Waals surface area contributed by atoms with Crippen LogP contribution < -0.4 is 9.80 Å². The Hall–Kier alpha value is -6.72. The van der Waals surface area contributed by atoms with Gasteiger partial charge < -0.3 is 9.80 Å². The van der Waals surface area contributed by atoms with Gasteiger partial charge in [0, 0.05) is 58.8 Å². The van der Waals surface area contributed by atoms with E-state index in [9.17, 15) is 0 Å². The van der Waals surface area contributed by atoms with Crippen molar-refractivity contribution < 1.29 is 0 Å². The van der Waals surface area contributed by atoms with Crippen LogP contribution in [0.2, 0.25) is 0 Å². The van der Waals surface area contributed by atoms with Crippen molar-refractivity contribution in [2.75, 3.05) is 9.80 Å². The van der Waals surface area contributed by atoms with Crippen LogP contribution in [0, 0.1) is 0 Å². The Balaban J connectivity index is 1.13. The van der Waals surface area contributed by atoms with E-state index in [2.05, 4.69) is 250 Å². The zero-order valence-electron chi connectivity index (χ0n) is 32.0. The van der Waals surface area contributed by atoms with Gasteiger partial charge in [0.05, 0.1) is 5.41 Å². The van der Waals surface area contributed by atoms with Crippen LogP contribution in [-0.4, -0.2) is 0 Å². The van der Waals surface area contributed by atoms with Gasteiger partial charge in [0.1, 0.15) is 0 Å². The molecule has 0 saturated heterocycles. The van der Waals surface area contributed by atoms with Gasteiger partial charge >= 0.3 is 0 Å². The summed E-state index contributed by atoms with van der Waals surface area (Å²) in [6.45, 7) is 0. The molecule has 9 aromatic carbocycles. The van der Waals surface area contributed by atoms with Gasteiger partial charge in [-0.25, -0.2) is 0 Å². The fourth-order valence-electron chi connectivity index (χ4n) is 9.29. The number of hydrogen-bond donors (Lipinski definition) is 0. The Morgan fingerprint density at radius 3 is 1.47 bits per heavy atom. The largest absolute Gasteiger partial charge is 0.310 e. The first-order valence-electron chi connectivity index (χ1n) is 19.9. The molecule has 0 unspecified atom stereocenters. The molecule has 0 N–H and O–H groups in total. The van der Waals surface area contributed by atoms with Gasteiger partial charge in [0.2, 0.25) is 0 Å². The normalized spacial score (nSPS) is 12.6. The van der Waals surface area contributed by atoms with Crippen LogP contribution in [0.5, 0.6) is 0 Å². The Bertz CT molecular complexity index is 3090. The summed E-state index contributed by atoms with van der Waals surface area (Å²) in [6.07, 6.45) is 0. The highest BCUT2D eigenvalue weighted by Crippen LogP contribution is 2.57. The number of thiophene rings is 1. The third kappa shape index (κ3) is 5.90. The van der Waals surface area contributed by atoms with Crippen molar-refractivity contribution in [2.24, 2.45) is 0 Å². The van der Waals surface area contributed by atoms with E-state index < -0.39 is 5.41 Å². The van der Waals surface area contributed by atoms with Crippen molar-refractivity contribution >= 4 is 81.6 Å². The molecule has 59 heavy (non-hydrogen) atoms. The van der Waals surface area contributed by atoms with Gasteiger partial charge in [-0.15, -0.1) is 11.3 Å². The first-order chi connectivity index (χ1) is 29.2. The van der Waals surface area contributed by atoms with Crippen molar-refractivity contribution in [3.8, 4) is 11.1 Å². The third-order valence-corrected chi connectivity index (χ3v) is 13.3. The van der Waals surface area contributed by atoms with E-state index in [-0.39, 0.29) is 0 Å². The van der Waals surface area contributed by atoms with Crippen molar-refractivity contribution in [2.45, 2.75) is 5.41 Å². The monoisotopic (exact) mass is 836 g/mol. The number of benzene rings is 9. The highest BCUT2D eigenvalue weighted by atomic mass is 79.9. The Morgan fingerprint density at radius 1 is 0.339 bits per heavy atom. The molecule has 0 bridgehead atoms. The molecular weight excluding hydrogens is 801 g/mol. The summed E-state index contributed by atoms with van der Waals surface area (Å²) in [5.74, 6) is 0. The third-order valence-electron chi connectivity index (χ3n) is 11.7. The number of nitrogens with zero attached hydrogens (tertiary/aromatic N) is 2. The first-order valence-corrected chi connectivity index (χ1v) is 21.6. The van der Waals surface area contributed by atoms with Crippen LogP contribution in [0.3, 0.4) is 0 Å². The molecule has 2 nitrogen and oxygen atoms in total. The summed E-state index contributed by atoms with van der Waals surface area (Å²) < 4.78 is 3.58. The lowest BCUT2D eigenvalue weighted by Gasteiger charge is -2.35. The Kier molecular flexibility index (Phi) is 8.76. The van der Waals surface area contributed by atoms with E-state index in [1.807, 2.05) is 11.3 Å². The molecule has 1 heterocycles. The molecule has 0 aliphatic heterocycles. The maximum atomic E-state index is 4.00. The SMILES string of the molecule is Brc1cc(N(c2ccccc2)c2ccc3c(c2)C(c2ccccc2)(c2ccccc2)c2ccccc2-3)cc(N(c2ccccc2)c2ccc3sc4ccccc4c3c2)c1. The molecule has 1 aliphatic carbocycles. The average molecular weight is 838 g/mol. The number of halogens is 1. The smallest absolute Gasteiger partial charge is 0.0714 e. The van der Waals surface area contributed by atoms with Gasteiger partial charge in [0.15, 0.2) is 0 Å². The van der Waals surface area contributed by atoms with Crippen LogP contribution in [-0.2, 0) is 5.41 Å². The zero-order chi connectivity index (χ0) is 39.3. The predicted octanol–water partition coefficient (Wildman–Crippen LogP) is 16.1. The van der Waals surface area contributed by atoms with Gasteiger partial charge in [-0.2, -0.15) is 0 Å². The minimum absolute atomic E-state index is 0.510. The molecule has 1 aliphatic rings. The molecule has 11 rings (SSSR count). The molecule has 0 atom stereocenters. The Labute approximate surface area is 357 Å². The molecule has 1 aromatic heterocycles. The Morgan fingerprint density at radius 2 is 0.831 bits per heavy atom.